The van der Waals surface area contributed by atoms with Gasteiger partial charge in [-0.3, -0.25) is 19.7 Å². The van der Waals surface area contributed by atoms with Gasteiger partial charge in [0.2, 0.25) is 0 Å². The van der Waals surface area contributed by atoms with Gasteiger partial charge in [0, 0.05) is 35.1 Å². The number of carbonyl (C=O) groups excluding carboxylic acids is 1. The minimum absolute atomic E-state index is 0.101. The number of nitro benzene ring substituents is 1. The number of nitrogens with one attached hydrogen (secondary N) is 2. The number of hydrogen-bond acceptors (Lipinski definition) is 7. The number of H-pyrrole nitrogens is 1. The maximum Gasteiger partial charge on any atom is 0.273 e. The molecule has 2 N–H and O–H groups in total. The minimum Gasteiger partial charge on any atom is -0.343 e. The lowest BCUT2D eigenvalue weighted by Gasteiger charge is -2.38. The Bertz CT molecular complexity index is 1170. The number of fused-ring (bicyclic) bond motifs is 1. The molecule has 1 atom stereocenters. The number of nitro groups is 1. The molecule has 0 saturated heterocycles. The molecule has 31 heavy (non-hydrogen) atoms. The number of nitrogens with zero attached hydrogens (tertiary/aromatic N) is 2. The zero-order chi connectivity index (χ0) is 22.3. The molecule has 4 rings (SSSR count). The molecular formula is C22H24N4O4S. The van der Waals surface area contributed by atoms with E-state index in [1.165, 1.54) is 17.8 Å². The van der Waals surface area contributed by atoms with Crippen molar-refractivity contribution in [1.82, 2.24) is 9.97 Å². The molecule has 0 bridgehead atoms. The monoisotopic (exact) mass is 440 g/mol. The number of benzene rings is 1. The van der Waals surface area contributed by atoms with E-state index in [1.54, 1.807) is 18.2 Å². The van der Waals surface area contributed by atoms with E-state index in [-0.39, 0.29) is 28.0 Å². The summed E-state index contributed by atoms with van der Waals surface area (Å²) in [6, 6.07) is 6.29. The van der Waals surface area contributed by atoms with Crippen molar-refractivity contribution in [2.75, 3.05) is 11.1 Å². The van der Waals surface area contributed by atoms with Crippen LogP contribution in [0.25, 0.3) is 0 Å². The highest BCUT2D eigenvalue weighted by Crippen LogP contribution is 2.49. The van der Waals surface area contributed by atoms with Gasteiger partial charge in [0.05, 0.1) is 16.4 Å². The molecule has 0 fully saturated rings. The lowest BCUT2D eigenvalue weighted by Crippen LogP contribution is -2.37. The first-order valence-electron chi connectivity index (χ1n) is 10.3. The van der Waals surface area contributed by atoms with Gasteiger partial charge in [-0.2, -0.15) is 0 Å². The standard InChI is InChI=1S/C22H24N4O4S/c1-4-9-31-21-24-19-18(20(28)25-21)16(12-7-5-6-8-14(12)26(29)30)17-13(23-19)10-22(2,3)11-15(17)27/h5-8,16H,4,9-11H2,1-3H3,(H2,23,24,25,28)/t16-/m1/s1. The van der Waals surface area contributed by atoms with Gasteiger partial charge in [-0.1, -0.05) is 50.7 Å². The topological polar surface area (TPSA) is 118 Å². The third kappa shape index (κ3) is 3.89. The van der Waals surface area contributed by atoms with Crippen molar-refractivity contribution in [3.8, 4) is 0 Å². The second-order valence-corrected chi connectivity index (χ2v) is 9.77. The molecule has 1 aliphatic heterocycles. The van der Waals surface area contributed by atoms with Crippen LogP contribution in [0, 0.1) is 15.5 Å². The fourth-order valence-corrected chi connectivity index (χ4v) is 5.09. The Labute approximate surface area is 183 Å². The fourth-order valence-electron chi connectivity index (χ4n) is 4.37. The van der Waals surface area contributed by atoms with E-state index >= 15 is 0 Å². The Kier molecular flexibility index (Phi) is 5.47. The highest BCUT2D eigenvalue weighted by molar-refractivity contribution is 7.99. The average molecular weight is 441 g/mol. The number of carbonyl (C=O) groups is 1. The molecule has 1 aromatic heterocycles. The van der Waals surface area contributed by atoms with Crippen LogP contribution in [0.4, 0.5) is 11.5 Å². The number of Topliss-reactive ketones (excluding diaryl/α,β-unsaturated/α-hetero) is 1. The van der Waals surface area contributed by atoms with Crippen LogP contribution in [0.2, 0.25) is 0 Å². The molecule has 162 valence electrons. The summed E-state index contributed by atoms with van der Waals surface area (Å²) in [7, 11) is 0. The molecule has 0 amide bonds. The summed E-state index contributed by atoms with van der Waals surface area (Å²) in [4.78, 5) is 45.1. The van der Waals surface area contributed by atoms with Crippen LogP contribution in [0.1, 0.15) is 57.1 Å². The van der Waals surface area contributed by atoms with Crippen molar-refractivity contribution in [2.24, 2.45) is 5.41 Å². The number of anilines is 1. The summed E-state index contributed by atoms with van der Waals surface area (Å²) in [5, 5.41) is 15.5. The molecule has 2 aromatic rings. The predicted octanol–water partition coefficient (Wildman–Crippen LogP) is 4.38. The van der Waals surface area contributed by atoms with Crippen molar-refractivity contribution in [3.05, 3.63) is 67.1 Å². The van der Waals surface area contributed by atoms with Gasteiger partial charge in [-0.15, -0.1) is 0 Å². The molecule has 8 nitrogen and oxygen atoms in total. The predicted molar refractivity (Wildman–Crippen MR) is 119 cm³/mol. The number of allylic oxidation sites excluding steroid dienone is 2. The molecule has 2 heterocycles. The third-order valence-electron chi connectivity index (χ3n) is 5.59. The summed E-state index contributed by atoms with van der Waals surface area (Å²) in [5.41, 5.74) is 0.953. The summed E-state index contributed by atoms with van der Waals surface area (Å²) >= 11 is 1.44. The fraction of sp³-hybridized carbons (Fsp3) is 0.409. The summed E-state index contributed by atoms with van der Waals surface area (Å²) in [5.74, 6) is 0.235. The average Bonchev–Trinajstić information content (AvgIpc) is 2.69. The zero-order valence-electron chi connectivity index (χ0n) is 17.7. The minimum atomic E-state index is -0.835. The number of aromatic nitrogens is 2. The maximum atomic E-state index is 13.2. The van der Waals surface area contributed by atoms with Gasteiger partial charge >= 0.3 is 0 Å². The second-order valence-electron chi connectivity index (χ2n) is 8.69. The Balaban J connectivity index is 1.97. The Morgan fingerprint density at radius 3 is 2.71 bits per heavy atom. The van der Waals surface area contributed by atoms with Gasteiger partial charge in [-0.25, -0.2) is 4.98 Å². The Morgan fingerprint density at radius 2 is 2.00 bits per heavy atom. The smallest absolute Gasteiger partial charge is 0.273 e. The van der Waals surface area contributed by atoms with Crippen molar-refractivity contribution in [2.45, 2.75) is 51.1 Å². The van der Waals surface area contributed by atoms with Crippen LogP contribution < -0.4 is 10.9 Å². The van der Waals surface area contributed by atoms with Crippen LogP contribution in [0.5, 0.6) is 0 Å². The lowest BCUT2D eigenvalue weighted by molar-refractivity contribution is -0.385. The first-order valence-corrected chi connectivity index (χ1v) is 11.2. The number of ketones is 1. The van der Waals surface area contributed by atoms with Crippen LogP contribution in [-0.4, -0.2) is 26.4 Å². The Morgan fingerprint density at radius 1 is 1.26 bits per heavy atom. The van der Waals surface area contributed by atoms with Crippen LogP contribution >= 0.6 is 11.8 Å². The van der Waals surface area contributed by atoms with Crippen molar-refractivity contribution in [3.63, 3.8) is 0 Å². The summed E-state index contributed by atoms with van der Waals surface area (Å²) < 4.78 is 0. The van der Waals surface area contributed by atoms with Crippen LogP contribution in [0.15, 0.2) is 45.5 Å². The van der Waals surface area contributed by atoms with E-state index < -0.39 is 10.8 Å². The number of rotatable bonds is 5. The molecule has 2 aliphatic rings. The van der Waals surface area contributed by atoms with Gasteiger partial charge in [-0.05, 0) is 18.3 Å². The van der Waals surface area contributed by atoms with E-state index in [0.717, 1.165) is 12.2 Å². The summed E-state index contributed by atoms with van der Waals surface area (Å²) in [6.07, 6.45) is 1.84. The third-order valence-corrected chi connectivity index (χ3v) is 6.67. The normalized spacial score (nSPS) is 19.5. The molecule has 0 unspecified atom stereocenters. The summed E-state index contributed by atoms with van der Waals surface area (Å²) in [6.45, 7) is 6.07. The lowest BCUT2D eigenvalue weighted by atomic mass is 9.69. The quantitative estimate of drug-likeness (QED) is 0.306. The SMILES string of the molecule is CCCSc1nc2c(c(=O)[nH]1)[C@H](c1ccccc1[N+](=O)[O-])C1=C(CC(C)(C)CC1=O)N2. The van der Waals surface area contributed by atoms with E-state index in [2.05, 4.69) is 15.3 Å². The first kappa shape index (κ1) is 21.3. The molecule has 1 aliphatic carbocycles. The van der Waals surface area contributed by atoms with E-state index in [9.17, 15) is 19.7 Å². The molecule has 0 spiro atoms. The second kappa shape index (κ2) is 7.96. The van der Waals surface area contributed by atoms with Gasteiger partial charge in [0.15, 0.2) is 10.9 Å². The number of aromatic amines is 1. The first-order chi connectivity index (χ1) is 14.7. The highest BCUT2D eigenvalue weighted by Gasteiger charge is 2.44. The number of thioether (sulfide) groups is 1. The van der Waals surface area contributed by atoms with E-state index in [4.69, 9.17) is 0 Å². The van der Waals surface area contributed by atoms with E-state index in [0.29, 0.717) is 40.6 Å². The molecule has 0 saturated carbocycles. The molecule has 1 aromatic carbocycles. The van der Waals surface area contributed by atoms with Crippen LogP contribution in [0.3, 0.4) is 0 Å². The van der Waals surface area contributed by atoms with Crippen LogP contribution in [-0.2, 0) is 4.79 Å². The zero-order valence-corrected chi connectivity index (χ0v) is 18.5. The van der Waals surface area contributed by atoms with Crippen molar-refractivity contribution >= 4 is 29.1 Å². The largest absolute Gasteiger partial charge is 0.343 e. The number of hydrogen-bond donors (Lipinski definition) is 2. The van der Waals surface area contributed by atoms with Gasteiger partial charge < -0.3 is 10.3 Å². The van der Waals surface area contributed by atoms with Gasteiger partial charge in [0.1, 0.15) is 5.82 Å². The number of para-hydroxylation sites is 1. The van der Waals surface area contributed by atoms with Crippen molar-refractivity contribution in [1.29, 1.82) is 0 Å². The van der Waals surface area contributed by atoms with E-state index in [1.807, 2.05) is 20.8 Å². The highest BCUT2D eigenvalue weighted by atomic mass is 32.2. The Hall–Kier alpha value is -2.94. The molecule has 9 heteroatoms. The maximum absolute atomic E-state index is 13.2. The molecular weight excluding hydrogens is 416 g/mol. The van der Waals surface area contributed by atoms with Crippen molar-refractivity contribution < 1.29 is 9.72 Å². The molecule has 0 radical (unpaired) electrons. The van der Waals surface area contributed by atoms with Gasteiger partial charge in [0.25, 0.3) is 11.2 Å².